The van der Waals surface area contributed by atoms with Crippen LogP contribution >= 0.6 is 0 Å². The first kappa shape index (κ1) is 20.4. The van der Waals surface area contributed by atoms with E-state index in [4.69, 9.17) is 4.74 Å². The Bertz CT molecular complexity index is 591. The fourth-order valence-corrected chi connectivity index (χ4v) is 2.07. The van der Waals surface area contributed by atoms with Crippen molar-refractivity contribution < 1.29 is 23.9 Å². The van der Waals surface area contributed by atoms with E-state index in [0.29, 0.717) is 24.4 Å². The molecule has 0 aliphatic carbocycles. The van der Waals surface area contributed by atoms with Crippen molar-refractivity contribution in [2.45, 2.75) is 12.8 Å². The van der Waals surface area contributed by atoms with Gasteiger partial charge in [0.25, 0.3) is 0 Å². The first-order chi connectivity index (χ1) is 11.9. The highest BCUT2D eigenvalue weighted by molar-refractivity contribution is 5.92. The van der Waals surface area contributed by atoms with E-state index < -0.39 is 0 Å². The minimum absolute atomic E-state index is 0.0762. The molecule has 0 fully saturated rings. The van der Waals surface area contributed by atoms with Crippen LogP contribution in [0.1, 0.15) is 12.8 Å². The Morgan fingerprint density at radius 3 is 2.52 bits per heavy atom. The summed E-state index contributed by atoms with van der Waals surface area (Å²) < 4.78 is 9.61. The summed E-state index contributed by atoms with van der Waals surface area (Å²) in [6.45, 7) is 0.550. The van der Waals surface area contributed by atoms with Gasteiger partial charge in [0, 0.05) is 24.7 Å². The molecule has 0 saturated carbocycles. The number of carbonyl (C=O) groups is 3. The fourth-order valence-electron chi connectivity index (χ4n) is 2.07. The molecule has 25 heavy (non-hydrogen) atoms. The number of likely N-dealkylation sites (N-methyl/N-ethyl adjacent to an activating group) is 1. The average Bonchev–Trinajstić information content (AvgIpc) is 2.58. The van der Waals surface area contributed by atoms with Crippen molar-refractivity contribution in [3.05, 3.63) is 24.3 Å². The van der Waals surface area contributed by atoms with Crippen LogP contribution in [0.15, 0.2) is 24.3 Å². The minimum Gasteiger partial charge on any atom is -0.497 e. The zero-order chi connectivity index (χ0) is 18.7. The maximum Gasteiger partial charge on any atom is 0.305 e. The summed E-state index contributed by atoms with van der Waals surface area (Å²) in [6.07, 6.45) is 0.772. The first-order valence-corrected chi connectivity index (χ1v) is 7.90. The van der Waals surface area contributed by atoms with Gasteiger partial charge >= 0.3 is 5.97 Å². The number of esters is 1. The van der Waals surface area contributed by atoms with Crippen molar-refractivity contribution in [3.63, 3.8) is 0 Å². The third-order valence-electron chi connectivity index (χ3n) is 3.29. The molecule has 8 heteroatoms. The zero-order valence-electron chi connectivity index (χ0n) is 14.8. The van der Waals surface area contributed by atoms with E-state index in [1.807, 2.05) is 0 Å². The van der Waals surface area contributed by atoms with Gasteiger partial charge < -0.3 is 20.1 Å². The molecule has 0 heterocycles. The Kier molecular flexibility index (Phi) is 9.02. The molecule has 0 atom stereocenters. The van der Waals surface area contributed by atoms with Gasteiger partial charge in [0.2, 0.25) is 11.8 Å². The molecule has 0 saturated heterocycles. The van der Waals surface area contributed by atoms with Crippen molar-refractivity contribution in [1.82, 2.24) is 10.2 Å². The lowest BCUT2D eigenvalue weighted by Crippen LogP contribution is -2.39. The molecule has 0 unspecified atom stereocenters. The summed E-state index contributed by atoms with van der Waals surface area (Å²) in [7, 11) is 4.56. The highest BCUT2D eigenvalue weighted by atomic mass is 16.5. The molecule has 0 aliphatic rings. The number of carbonyl (C=O) groups excluding carboxylic acids is 3. The molecule has 0 bridgehead atoms. The van der Waals surface area contributed by atoms with Gasteiger partial charge in [-0.15, -0.1) is 0 Å². The molecule has 0 aliphatic heterocycles. The Hall–Kier alpha value is -2.61. The van der Waals surface area contributed by atoms with Crippen LogP contribution in [0.3, 0.4) is 0 Å². The van der Waals surface area contributed by atoms with Crippen LogP contribution in [0.4, 0.5) is 5.69 Å². The number of hydrogen-bond acceptors (Lipinski definition) is 6. The maximum absolute atomic E-state index is 12.0. The molecule has 8 nitrogen and oxygen atoms in total. The molecule has 2 amide bonds. The number of benzene rings is 1. The second kappa shape index (κ2) is 11.0. The van der Waals surface area contributed by atoms with Gasteiger partial charge in [-0.3, -0.25) is 19.3 Å². The number of rotatable bonds is 10. The van der Waals surface area contributed by atoms with Gasteiger partial charge in [-0.2, -0.15) is 0 Å². The van der Waals surface area contributed by atoms with E-state index in [2.05, 4.69) is 15.4 Å². The summed E-state index contributed by atoms with van der Waals surface area (Å²) in [6, 6.07) is 7.03. The standard InChI is InChI=1S/C17H25N3O5/c1-20(11-15(21)18-9-5-8-17(23)25-3)12-16(22)19-13-6-4-7-14(10-13)24-2/h4,6-7,10H,5,8-9,11-12H2,1-3H3,(H,18,21)(H,19,22). The Morgan fingerprint density at radius 1 is 1.12 bits per heavy atom. The van der Waals surface area contributed by atoms with Crippen LogP contribution < -0.4 is 15.4 Å². The van der Waals surface area contributed by atoms with Crippen LogP contribution in [0.25, 0.3) is 0 Å². The third-order valence-corrected chi connectivity index (χ3v) is 3.29. The third kappa shape index (κ3) is 8.71. The van der Waals surface area contributed by atoms with Crippen molar-refractivity contribution in [3.8, 4) is 5.75 Å². The van der Waals surface area contributed by atoms with Crippen LogP contribution in [0.2, 0.25) is 0 Å². The monoisotopic (exact) mass is 351 g/mol. The molecular formula is C17H25N3O5. The molecule has 2 N–H and O–H groups in total. The van der Waals surface area contributed by atoms with Crippen LogP contribution in [0.5, 0.6) is 5.75 Å². The van der Waals surface area contributed by atoms with Crippen LogP contribution in [-0.2, 0) is 19.1 Å². The predicted molar refractivity (Wildman–Crippen MR) is 93.4 cm³/mol. The topological polar surface area (TPSA) is 97.0 Å². The summed E-state index contributed by atoms with van der Waals surface area (Å²) in [5.41, 5.74) is 0.630. The molecule has 0 radical (unpaired) electrons. The van der Waals surface area contributed by atoms with Crippen LogP contribution in [0, 0.1) is 0 Å². The Morgan fingerprint density at radius 2 is 1.84 bits per heavy atom. The number of methoxy groups -OCH3 is 2. The molecule has 0 aromatic heterocycles. The van der Waals surface area contributed by atoms with Crippen molar-refractivity contribution in [2.24, 2.45) is 0 Å². The number of nitrogens with one attached hydrogen (secondary N) is 2. The van der Waals surface area contributed by atoms with Crippen LogP contribution in [-0.4, -0.2) is 63.6 Å². The van der Waals surface area contributed by atoms with E-state index >= 15 is 0 Å². The number of nitrogens with zero attached hydrogens (tertiary/aromatic N) is 1. The van der Waals surface area contributed by atoms with Gasteiger partial charge in [0.1, 0.15) is 5.75 Å². The summed E-state index contributed by atoms with van der Waals surface area (Å²) in [5.74, 6) is -0.0890. The highest BCUT2D eigenvalue weighted by Crippen LogP contribution is 2.16. The second-order valence-electron chi connectivity index (χ2n) is 5.48. The number of anilines is 1. The smallest absolute Gasteiger partial charge is 0.305 e. The van der Waals surface area contributed by atoms with E-state index in [1.165, 1.54) is 7.11 Å². The zero-order valence-corrected chi connectivity index (χ0v) is 14.8. The quantitative estimate of drug-likeness (QED) is 0.474. The average molecular weight is 351 g/mol. The maximum atomic E-state index is 12.0. The number of hydrogen-bond donors (Lipinski definition) is 2. The molecule has 0 spiro atoms. The molecule has 1 aromatic carbocycles. The van der Waals surface area contributed by atoms with Gasteiger partial charge in [-0.25, -0.2) is 0 Å². The Balaban J connectivity index is 2.27. The van der Waals surface area contributed by atoms with E-state index in [9.17, 15) is 14.4 Å². The molecule has 1 rings (SSSR count). The van der Waals surface area contributed by atoms with Crippen molar-refractivity contribution in [2.75, 3.05) is 46.2 Å². The lowest BCUT2D eigenvalue weighted by atomic mass is 10.3. The molecular weight excluding hydrogens is 326 g/mol. The molecule has 138 valence electrons. The second-order valence-corrected chi connectivity index (χ2v) is 5.48. The highest BCUT2D eigenvalue weighted by Gasteiger charge is 2.11. The summed E-state index contributed by atoms with van der Waals surface area (Å²) >= 11 is 0. The van der Waals surface area contributed by atoms with E-state index in [0.717, 1.165) is 0 Å². The minimum atomic E-state index is -0.305. The van der Waals surface area contributed by atoms with Gasteiger partial charge in [-0.1, -0.05) is 6.07 Å². The SMILES string of the molecule is COC(=O)CCCNC(=O)CN(C)CC(=O)Nc1cccc(OC)c1. The van der Waals surface area contributed by atoms with Crippen molar-refractivity contribution >= 4 is 23.5 Å². The van der Waals surface area contributed by atoms with Gasteiger partial charge in [0.15, 0.2) is 0 Å². The van der Waals surface area contributed by atoms with Gasteiger partial charge in [-0.05, 0) is 25.6 Å². The van der Waals surface area contributed by atoms with E-state index in [1.54, 1.807) is 43.3 Å². The van der Waals surface area contributed by atoms with Gasteiger partial charge in [0.05, 0.1) is 27.3 Å². The fraction of sp³-hybridized carbons (Fsp3) is 0.471. The molecule has 1 aromatic rings. The lowest BCUT2D eigenvalue weighted by Gasteiger charge is -2.16. The lowest BCUT2D eigenvalue weighted by molar-refractivity contribution is -0.140. The Labute approximate surface area is 147 Å². The predicted octanol–water partition coefficient (Wildman–Crippen LogP) is 0.635. The summed E-state index contributed by atoms with van der Waals surface area (Å²) in [4.78, 5) is 36.3. The first-order valence-electron chi connectivity index (χ1n) is 7.90. The largest absolute Gasteiger partial charge is 0.497 e. The number of amides is 2. The normalized spacial score (nSPS) is 10.2. The number of ether oxygens (including phenoxy) is 2. The summed E-state index contributed by atoms with van der Waals surface area (Å²) in [5, 5.41) is 5.44. The van der Waals surface area contributed by atoms with Crippen molar-refractivity contribution in [1.29, 1.82) is 0 Å². The van der Waals surface area contributed by atoms with E-state index in [-0.39, 0.29) is 37.3 Å².